The SMILES string of the molecule is C=C(CC(=O)OC(C(=O)OCCOC)c1ccc(C)cc1)C(=O)OC(C(=O)OCCOC)c1ccc(C)cc1. The third-order valence-electron chi connectivity index (χ3n) is 5.37. The van der Waals surface area contributed by atoms with Gasteiger partial charge in [-0.2, -0.15) is 0 Å². The van der Waals surface area contributed by atoms with Gasteiger partial charge in [-0.3, -0.25) is 4.79 Å². The maximum atomic E-state index is 12.8. The molecule has 0 heterocycles. The van der Waals surface area contributed by atoms with Gasteiger partial charge in [0.05, 0.1) is 19.6 Å². The lowest BCUT2D eigenvalue weighted by Crippen LogP contribution is -2.26. The van der Waals surface area contributed by atoms with Crippen molar-refractivity contribution in [3.05, 3.63) is 82.9 Å². The van der Waals surface area contributed by atoms with Crippen molar-refractivity contribution in [1.29, 1.82) is 0 Å². The first-order valence-corrected chi connectivity index (χ1v) is 12.2. The minimum Gasteiger partial charge on any atom is -0.460 e. The van der Waals surface area contributed by atoms with Crippen LogP contribution in [0.15, 0.2) is 60.7 Å². The van der Waals surface area contributed by atoms with Crippen LogP contribution in [0, 0.1) is 13.8 Å². The van der Waals surface area contributed by atoms with Crippen molar-refractivity contribution >= 4 is 23.9 Å². The van der Waals surface area contributed by atoms with Gasteiger partial charge in [-0.15, -0.1) is 0 Å². The van der Waals surface area contributed by atoms with Crippen LogP contribution in [0.2, 0.25) is 0 Å². The Morgan fingerprint density at radius 1 is 0.667 bits per heavy atom. The second-order valence-corrected chi connectivity index (χ2v) is 8.58. The van der Waals surface area contributed by atoms with Gasteiger partial charge >= 0.3 is 23.9 Å². The first-order chi connectivity index (χ1) is 18.7. The molecule has 0 fully saturated rings. The fraction of sp³-hybridized carbons (Fsp3) is 0.379. The molecule has 0 aliphatic heterocycles. The van der Waals surface area contributed by atoms with Gasteiger partial charge in [0.25, 0.3) is 0 Å². The molecule has 0 saturated heterocycles. The van der Waals surface area contributed by atoms with Crippen LogP contribution in [-0.4, -0.2) is 64.5 Å². The Bertz CT molecular complexity index is 1120. The summed E-state index contributed by atoms with van der Waals surface area (Å²) in [7, 11) is 2.91. The highest BCUT2D eigenvalue weighted by atomic mass is 16.6. The van der Waals surface area contributed by atoms with Gasteiger partial charge in [0.1, 0.15) is 13.2 Å². The lowest BCUT2D eigenvalue weighted by atomic mass is 10.1. The molecule has 0 aliphatic rings. The lowest BCUT2D eigenvalue weighted by molar-refractivity contribution is -0.170. The number of benzene rings is 2. The number of hydrogen-bond donors (Lipinski definition) is 0. The van der Waals surface area contributed by atoms with Crippen LogP contribution >= 0.6 is 0 Å². The van der Waals surface area contributed by atoms with Gasteiger partial charge in [-0.25, -0.2) is 14.4 Å². The van der Waals surface area contributed by atoms with Crippen LogP contribution < -0.4 is 0 Å². The van der Waals surface area contributed by atoms with Crippen molar-refractivity contribution in [2.45, 2.75) is 32.5 Å². The molecule has 10 nitrogen and oxygen atoms in total. The second-order valence-electron chi connectivity index (χ2n) is 8.58. The molecule has 0 spiro atoms. The lowest BCUT2D eigenvalue weighted by Gasteiger charge is -2.19. The molecule has 2 aromatic rings. The highest BCUT2D eigenvalue weighted by molar-refractivity contribution is 5.95. The topological polar surface area (TPSA) is 124 Å². The molecule has 210 valence electrons. The van der Waals surface area contributed by atoms with E-state index < -0.39 is 42.5 Å². The summed E-state index contributed by atoms with van der Waals surface area (Å²) >= 11 is 0. The molecule has 2 atom stereocenters. The van der Waals surface area contributed by atoms with Crippen LogP contribution in [0.1, 0.15) is 40.9 Å². The van der Waals surface area contributed by atoms with E-state index in [9.17, 15) is 19.2 Å². The number of hydrogen-bond acceptors (Lipinski definition) is 10. The Hall–Kier alpha value is -4.02. The molecule has 2 aromatic carbocycles. The molecule has 2 unspecified atom stereocenters. The maximum Gasteiger partial charge on any atom is 0.352 e. The van der Waals surface area contributed by atoms with E-state index in [2.05, 4.69) is 6.58 Å². The average molecular weight is 543 g/mol. The number of ether oxygens (including phenoxy) is 6. The van der Waals surface area contributed by atoms with E-state index in [-0.39, 0.29) is 32.0 Å². The molecule has 0 amide bonds. The van der Waals surface area contributed by atoms with E-state index in [4.69, 9.17) is 28.4 Å². The summed E-state index contributed by atoms with van der Waals surface area (Å²) in [6.07, 6.45) is -3.35. The average Bonchev–Trinajstić information content (AvgIpc) is 2.91. The smallest absolute Gasteiger partial charge is 0.352 e. The number of rotatable bonds is 15. The van der Waals surface area contributed by atoms with Crippen molar-refractivity contribution < 1.29 is 47.6 Å². The molecule has 0 aromatic heterocycles. The molecule has 2 rings (SSSR count). The van der Waals surface area contributed by atoms with Gasteiger partial charge in [0.2, 0.25) is 12.2 Å². The number of methoxy groups -OCH3 is 2. The van der Waals surface area contributed by atoms with E-state index in [0.717, 1.165) is 11.1 Å². The van der Waals surface area contributed by atoms with E-state index in [0.29, 0.717) is 11.1 Å². The van der Waals surface area contributed by atoms with E-state index in [1.807, 2.05) is 13.8 Å². The Kier molecular flexibility index (Phi) is 12.8. The van der Waals surface area contributed by atoms with Crippen molar-refractivity contribution in [3.63, 3.8) is 0 Å². The minimum atomic E-state index is -1.39. The fourth-order valence-electron chi connectivity index (χ4n) is 3.20. The Balaban J connectivity index is 2.10. The van der Waals surface area contributed by atoms with Gasteiger partial charge in [-0.05, 0) is 13.8 Å². The Labute approximate surface area is 227 Å². The zero-order valence-corrected chi connectivity index (χ0v) is 22.6. The minimum absolute atomic E-state index is 0.0326. The van der Waals surface area contributed by atoms with Crippen LogP contribution in [0.4, 0.5) is 0 Å². The summed E-state index contributed by atoms with van der Waals surface area (Å²) in [5.74, 6) is -3.52. The van der Waals surface area contributed by atoms with Gasteiger partial charge in [0, 0.05) is 30.9 Å². The summed E-state index contributed by atoms with van der Waals surface area (Å²) in [6, 6.07) is 13.5. The molecule has 0 aliphatic carbocycles. The number of carbonyl (C=O) groups is 4. The molecular formula is C29H34O10. The largest absolute Gasteiger partial charge is 0.460 e. The van der Waals surface area contributed by atoms with Crippen LogP contribution in [0.3, 0.4) is 0 Å². The van der Waals surface area contributed by atoms with Gasteiger partial charge in [-0.1, -0.05) is 66.2 Å². The molecule has 0 N–H and O–H groups in total. The summed E-state index contributed by atoms with van der Waals surface area (Å²) in [5.41, 5.74) is 2.37. The summed E-state index contributed by atoms with van der Waals surface area (Å²) in [5, 5.41) is 0. The molecular weight excluding hydrogens is 508 g/mol. The number of carbonyl (C=O) groups excluding carboxylic acids is 4. The number of aryl methyl sites for hydroxylation is 2. The third kappa shape index (κ3) is 10.3. The highest BCUT2D eigenvalue weighted by Gasteiger charge is 2.30. The second kappa shape index (κ2) is 16.1. The quantitative estimate of drug-likeness (QED) is 0.143. The van der Waals surface area contributed by atoms with E-state index >= 15 is 0 Å². The molecule has 0 bridgehead atoms. The predicted molar refractivity (Wildman–Crippen MR) is 139 cm³/mol. The summed E-state index contributed by atoms with van der Waals surface area (Å²) in [4.78, 5) is 50.8. The monoisotopic (exact) mass is 542 g/mol. The molecule has 0 radical (unpaired) electrons. The third-order valence-corrected chi connectivity index (χ3v) is 5.37. The van der Waals surface area contributed by atoms with Crippen molar-refractivity contribution in [2.24, 2.45) is 0 Å². The van der Waals surface area contributed by atoms with Gasteiger partial charge < -0.3 is 28.4 Å². The Morgan fingerprint density at radius 3 is 1.49 bits per heavy atom. The van der Waals surface area contributed by atoms with Crippen LogP contribution in [-0.2, 0) is 47.6 Å². The molecule has 39 heavy (non-hydrogen) atoms. The normalized spacial score (nSPS) is 12.1. The van der Waals surface area contributed by atoms with E-state index in [1.165, 1.54) is 14.2 Å². The number of esters is 4. The van der Waals surface area contributed by atoms with Crippen molar-refractivity contribution in [2.75, 3.05) is 40.6 Å². The Morgan fingerprint density at radius 2 is 1.08 bits per heavy atom. The molecule has 10 heteroatoms. The summed E-state index contributed by atoms with van der Waals surface area (Å²) < 4.78 is 30.8. The first-order valence-electron chi connectivity index (χ1n) is 12.2. The molecule has 0 saturated carbocycles. The summed E-state index contributed by atoms with van der Waals surface area (Å²) in [6.45, 7) is 7.60. The standard InChI is InChI=1S/C29H34O10/c1-19-6-10-22(11-7-19)25(28(32)36-16-14-34-4)38-24(30)18-21(3)27(31)39-26(29(33)37-17-15-35-5)23-12-8-20(2)9-13-23/h6-13,25-26H,3,14-18H2,1-2,4-5H3. The van der Waals surface area contributed by atoms with Gasteiger partial charge in [0.15, 0.2) is 0 Å². The predicted octanol–water partition coefficient (Wildman–Crippen LogP) is 3.50. The fourth-order valence-corrected chi connectivity index (χ4v) is 3.20. The maximum absolute atomic E-state index is 12.8. The van der Waals surface area contributed by atoms with E-state index in [1.54, 1.807) is 48.5 Å². The van der Waals surface area contributed by atoms with Crippen LogP contribution in [0.25, 0.3) is 0 Å². The first kappa shape index (κ1) is 31.2. The van der Waals surface area contributed by atoms with Crippen LogP contribution in [0.5, 0.6) is 0 Å². The zero-order valence-electron chi connectivity index (χ0n) is 22.6. The van der Waals surface area contributed by atoms with Crippen molar-refractivity contribution in [1.82, 2.24) is 0 Å². The zero-order chi connectivity index (χ0) is 28.8. The highest BCUT2D eigenvalue weighted by Crippen LogP contribution is 2.24. The van der Waals surface area contributed by atoms with Crippen molar-refractivity contribution in [3.8, 4) is 0 Å².